The number of aliphatic hydroxyl groups excluding tert-OH is 1. The molecule has 0 aromatic carbocycles. The van der Waals surface area contributed by atoms with Gasteiger partial charge < -0.3 is 5.11 Å². The second kappa shape index (κ2) is 2.49. The standard InChI is InChI=1S/C7H14O/c1-2-6-4-3-5-7(6)8/h6-8H,2-5H2,1H3/t6-,7-/m0/s1. The zero-order valence-corrected chi connectivity index (χ0v) is 5.43. The molecule has 1 aliphatic rings. The van der Waals surface area contributed by atoms with Gasteiger partial charge in [-0.2, -0.15) is 0 Å². The van der Waals surface area contributed by atoms with Crippen LogP contribution in [0.4, 0.5) is 0 Å². The number of hydrogen-bond donors (Lipinski definition) is 1. The molecule has 0 bridgehead atoms. The van der Waals surface area contributed by atoms with Crippen molar-refractivity contribution in [2.24, 2.45) is 5.92 Å². The lowest BCUT2D eigenvalue weighted by atomic mass is 10.0. The van der Waals surface area contributed by atoms with Gasteiger partial charge in [-0.25, -0.2) is 0 Å². The molecule has 48 valence electrons. The van der Waals surface area contributed by atoms with Crippen LogP contribution in [0.1, 0.15) is 32.6 Å². The minimum absolute atomic E-state index is 0.0278. The van der Waals surface area contributed by atoms with Gasteiger partial charge in [0.1, 0.15) is 0 Å². The van der Waals surface area contributed by atoms with Crippen molar-refractivity contribution in [2.45, 2.75) is 38.7 Å². The van der Waals surface area contributed by atoms with Crippen LogP contribution in [0.5, 0.6) is 0 Å². The van der Waals surface area contributed by atoms with Crippen molar-refractivity contribution in [3.05, 3.63) is 0 Å². The predicted molar refractivity (Wildman–Crippen MR) is 33.6 cm³/mol. The van der Waals surface area contributed by atoms with E-state index in [0.717, 1.165) is 12.8 Å². The van der Waals surface area contributed by atoms with Crippen LogP contribution in [-0.2, 0) is 0 Å². The molecule has 1 aliphatic carbocycles. The zero-order chi connectivity index (χ0) is 5.98. The molecule has 8 heavy (non-hydrogen) atoms. The lowest BCUT2D eigenvalue weighted by Crippen LogP contribution is -2.10. The Morgan fingerprint density at radius 2 is 2.25 bits per heavy atom. The molecule has 0 radical (unpaired) electrons. The van der Waals surface area contributed by atoms with Crippen molar-refractivity contribution in [3.63, 3.8) is 0 Å². The van der Waals surface area contributed by atoms with E-state index >= 15 is 0 Å². The third-order valence-electron chi connectivity index (χ3n) is 2.14. The first-order valence-electron chi connectivity index (χ1n) is 3.52. The summed E-state index contributed by atoms with van der Waals surface area (Å²) in [7, 11) is 0. The minimum atomic E-state index is 0.0278. The Balaban J connectivity index is 2.30. The highest BCUT2D eigenvalue weighted by Crippen LogP contribution is 2.27. The van der Waals surface area contributed by atoms with Gasteiger partial charge in [-0.05, 0) is 18.8 Å². The van der Waals surface area contributed by atoms with Gasteiger partial charge in [0.15, 0.2) is 0 Å². The van der Waals surface area contributed by atoms with Crippen LogP contribution in [0.25, 0.3) is 0 Å². The molecule has 0 aliphatic heterocycles. The van der Waals surface area contributed by atoms with Gasteiger partial charge >= 0.3 is 0 Å². The first kappa shape index (κ1) is 6.09. The Hall–Kier alpha value is -0.0400. The molecule has 0 aromatic rings. The number of rotatable bonds is 1. The van der Waals surface area contributed by atoms with E-state index in [9.17, 15) is 5.11 Å². The van der Waals surface area contributed by atoms with Crippen LogP contribution in [-0.4, -0.2) is 11.2 Å². The molecule has 2 atom stereocenters. The molecule has 1 N–H and O–H groups in total. The summed E-state index contributed by atoms with van der Waals surface area (Å²) in [6.07, 6.45) is 4.71. The maximum absolute atomic E-state index is 9.19. The molecule has 1 fully saturated rings. The van der Waals surface area contributed by atoms with E-state index in [0.29, 0.717) is 5.92 Å². The summed E-state index contributed by atoms with van der Waals surface area (Å²) in [5.74, 6) is 0.620. The van der Waals surface area contributed by atoms with Crippen LogP contribution in [0.15, 0.2) is 0 Å². The number of aliphatic hydroxyl groups is 1. The van der Waals surface area contributed by atoms with Crippen LogP contribution < -0.4 is 0 Å². The average Bonchev–Trinajstić information content (AvgIpc) is 2.14. The fourth-order valence-corrected chi connectivity index (χ4v) is 1.49. The molecule has 0 heterocycles. The van der Waals surface area contributed by atoms with E-state index in [-0.39, 0.29) is 6.10 Å². The van der Waals surface area contributed by atoms with Gasteiger partial charge in [-0.15, -0.1) is 0 Å². The highest BCUT2D eigenvalue weighted by Gasteiger charge is 2.22. The third-order valence-corrected chi connectivity index (χ3v) is 2.14. The topological polar surface area (TPSA) is 20.2 Å². The minimum Gasteiger partial charge on any atom is -0.393 e. The molecule has 0 spiro atoms. The molecule has 1 rings (SSSR count). The van der Waals surface area contributed by atoms with Crippen molar-refractivity contribution in [1.29, 1.82) is 0 Å². The van der Waals surface area contributed by atoms with E-state index in [1.54, 1.807) is 0 Å². The summed E-state index contributed by atoms with van der Waals surface area (Å²) in [5.41, 5.74) is 0. The van der Waals surface area contributed by atoms with E-state index in [2.05, 4.69) is 6.92 Å². The predicted octanol–water partition coefficient (Wildman–Crippen LogP) is 1.56. The molecule has 0 saturated heterocycles. The number of hydrogen-bond acceptors (Lipinski definition) is 1. The maximum Gasteiger partial charge on any atom is 0.0568 e. The summed E-state index contributed by atoms with van der Waals surface area (Å²) in [4.78, 5) is 0. The quantitative estimate of drug-likeness (QED) is 0.548. The molecule has 1 heteroatoms. The van der Waals surface area contributed by atoms with Gasteiger partial charge in [0.25, 0.3) is 0 Å². The van der Waals surface area contributed by atoms with E-state index < -0.39 is 0 Å². The van der Waals surface area contributed by atoms with Crippen molar-refractivity contribution in [1.82, 2.24) is 0 Å². The monoisotopic (exact) mass is 114 g/mol. The highest BCUT2D eigenvalue weighted by molar-refractivity contribution is 4.74. The first-order valence-corrected chi connectivity index (χ1v) is 3.52. The Morgan fingerprint density at radius 1 is 1.50 bits per heavy atom. The van der Waals surface area contributed by atoms with Gasteiger partial charge in [-0.1, -0.05) is 19.8 Å². The second-order valence-corrected chi connectivity index (χ2v) is 2.67. The molecular weight excluding hydrogens is 100 g/mol. The first-order chi connectivity index (χ1) is 3.84. The Kier molecular flexibility index (Phi) is 1.90. The van der Waals surface area contributed by atoms with Crippen molar-refractivity contribution in [3.8, 4) is 0 Å². The van der Waals surface area contributed by atoms with Gasteiger partial charge in [0.05, 0.1) is 6.10 Å². The van der Waals surface area contributed by atoms with E-state index in [4.69, 9.17) is 0 Å². The third kappa shape index (κ3) is 1.03. The second-order valence-electron chi connectivity index (χ2n) is 2.67. The van der Waals surface area contributed by atoms with Gasteiger partial charge in [-0.3, -0.25) is 0 Å². The molecule has 0 amide bonds. The van der Waals surface area contributed by atoms with Gasteiger partial charge in [0.2, 0.25) is 0 Å². The fourth-order valence-electron chi connectivity index (χ4n) is 1.49. The van der Waals surface area contributed by atoms with Crippen molar-refractivity contribution >= 4 is 0 Å². The molecule has 1 saturated carbocycles. The van der Waals surface area contributed by atoms with Crippen molar-refractivity contribution < 1.29 is 5.11 Å². The van der Waals surface area contributed by atoms with Crippen LogP contribution >= 0.6 is 0 Å². The van der Waals surface area contributed by atoms with E-state index in [1.807, 2.05) is 0 Å². The van der Waals surface area contributed by atoms with Crippen LogP contribution in [0.3, 0.4) is 0 Å². The Labute approximate surface area is 50.7 Å². The highest BCUT2D eigenvalue weighted by atomic mass is 16.3. The van der Waals surface area contributed by atoms with E-state index in [1.165, 1.54) is 12.8 Å². The summed E-state index contributed by atoms with van der Waals surface area (Å²) in [6, 6.07) is 0. The Morgan fingerprint density at radius 3 is 2.50 bits per heavy atom. The smallest absolute Gasteiger partial charge is 0.0568 e. The summed E-state index contributed by atoms with van der Waals surface area (Å²) in [6.45, 7) is 2.15. The average molecular weight is 114 g/mol. The Bertz CT molecular complexity index is 70.8. The fraction of sp³-hybridized carbons (Fsp3) is 1.00. The summed E-state index contributed by atoms with van der Waals surface area (Å²) >= 11 is 0. The molecule has 0 aromatic heterocycles. The zero-order valence-electron chi connectivity index (χ0n) is 5.43. The summed E-state index contributed by atoms with van der Waals surface area (Å²) in [5, 5.41) is 9.19. The van der Waals surface area contributed by atoms with Crippen molar-refractivity contribution in [2.75, 3.05) is 0 Å². The lowest BCUT2D eigenvalue weighted by Gasteiger charge is -2.09. The SMILES string of the molecule is CC[C@H]1CCC[C@@H]1O. The normalized spacial score (nSPS) is 38.2. The summed E-state index contributed by atoms with van der Waals surface area (Å²) < 4.78 is 0. The van der Waals surface area contributed by atoms with Gasteiger partial charge in [0, 0.05) is 0 Å². The molecular formula is C7H14O. The molecule has 0 unspecified atom stereocenters. The molecule has 1 nitrogen and oxygen atoms in total. The van der Waals surface area contributed by atoms with Crippen LogP contribution in [0.2, 0.25) is 0 Å². The lowest BCUT2D eigenvalue weighted by molar-refractivity contribution is 0.130. The van der Waals surface area contributed by atoms with Crippen LogP contribution in [0, 0.1) is 5.92 Å². The largest absolute Gasteiger partial charge is 0.393 e. The maximum atomic E-state index is 9.19.